The molecule has 594 valence electrons. The number of likely N-dealkylation sites (tertiary alicyclic amines) is 2. The predicted octanol–water partition coefficient (Wildman–Crippen LogP) is 7.66. The molecule has 3 aromatic rings. The molecular formula is C78H108F5N11O14. The molecule has 7 rings (SSSR count). The van der Waals surface area contributed by atoms with E-state index in [0.29, 0.717) is 68.2 Å². The second kappa shape index (κ2) is 37.7. The number of hydrogen-bond acceptors (Lipinski definition) is 13. The first-order valence-corrected chi connectivity index (χ1v) is 37.5. The number of alkyl carbamates (subject to hydrolysis) is 1. The molecule has 4 N–H and O–H groups in total. The van der Waals surface area contributed by atoms with Crippen molar-refractivity contribution in [3.63, 3.8) is 0 Å². The number of aliphatic carboxylic acids is 1. The molecule has 2 heterocycles. The third-order valence-corrected chi connectivity index (χ3v) is 22.1. The maximum atomic E-state index is 15.5. The number of hydrogen-bond donors (Lipinski definition) is 4. The number of carbonyl (C=O) groups excluding carboxylic acids is 11. The minimum absolute atomic E-state index is 0.0227. The van der Waals surface area contributed by atoms with E-state index in [2.05, 4.69) is 16.0 Å². The van der Waals surface area contributed by atoms with E-state index >= 15 is 9.59 Å². The van der Waals surface area contributed by atoms with Gasteiger partial charge in [0.15, 0.2) is 0 Å². The maximum absolute atomic E-state index is 15.5. The van der Waals surface area contributed by atoms with Crippen LogP contribution < -0.4 is 16.0 Å². The van der Waals surface area contributed by atoms with Crippen LogP contribution in [0.4, 0.5) is 26.7 Å². The summed E-state index contributed by atoms with van der Waals surface area (Å²) >= 11 is 0. The van der Waals surface area contributed by atoms with Crippen molar-refractivity contribution in [2.45, 2.75) is 230 Å². The van der Waals surface area contributed by atoms with Gasteiger partial charge in [-0.05, 0) is 132 Å². The number of ether oxygens (including phenoxy) is 1. The number of aryl methyl sites for hydroxylation is 2. The second-order valence-corrected chi connectivity index (χ2v) is 30.2. The molecular weight excluding hydrogens is 1410 g/mol. The Balaban J connectivity index is 1.06. The number of alkyl halides is 3. The van der Waals surface area contributed by atoms with Gasteiger partial charge in [-0.2, -0.15) is 13.2 Å². The lowest BCUT2D eigenvalue weighted by molar-refractivity contribution is -0.162. The summed E-state index contributed by atoms with van der Waals surface area (Å²) in [5.41, 5.74) is -1.70. The quantitative estimate of drug-likeness (QED) is 0.0426. The highest BCUT2D eigenvalue weighted by Crippen LogP contribution is 2.38. The first-order chi connectivity index (χ1) is 50.9. The number of nitrogens with one attached hydrogen (secondary N) is 3. The van der Waals surface area contributed by atoms with Crippen LogP contribution in [0.25, 0.3) is 0 Å². The molecule has 2 saturated carbocycles. The number of halogens is 5. The minimum Gasteiger partial charge on any atom is -0.480 e. The molecule has 2 saturated heterocycles. The van der Waals surface area contributed by atoms with Crippen LogP contribution in [0.3, 0.4) is 0 Å². The molecule has 2 aliphatic carbocycles. The highest BCUT2D eigenvalue weighted by atomic mass is 19.4. The molecule has 0 unspecified atom stereocenters. The fourth-order valence-electron chi connectivity index (χ4n) is 15.2. The molecule has 3 aromatic carbocycles. The van der Waals surface area contributed by atoms with Gasteiger partial charge in [-0.25, -0.2) is 18.4 Å². The number of nitrogens with zero attached hydrogens (tertiary/aromatic N) is 8. The van der Waals surface area contributed by atoms with Gasteiger partial charge >= 0.3 is 18.2 Å². The van der Waals surface area contributed by atoms with E-state index in [-0.39, 0.29) is 82.7 Å². The third kappa shape index (κ3) is 20.8. The van der Waals surface area contributed by atoms with Gasteiger partial charge < -0.3 is 65.0 Å². The Labute approximate surface area is 629 Å². The largest absolute Gasteiger partial charge is 0.480 e. The molecule has 2 aliphatic heterocycles. The molecule has 108 heavy (non-hydrogen) atoms. The Kier molecular flexibility index (Phi) is 30.0. The van der Waals surface area contributed by atoms with Crippen LogP contribution in [0.5, 0.6) is 0 Å². The zero-order chi connectivity index (χ0) is 80.0. The van der Waals surface area contributed by atoms with Crippen molar-refractivity contribution in [1.82, 2.24) is 55.1 Å². The molecule has 10 atom stereocenters. The first kappa shape index (κ1) is 86.0. The van der Waals surface area contributed by atoms with Gasteiger partial charge in [-0.3, -0.25) is 47.9 Å². The van der Waals surface area contributed by atoms with Gasteiger partial charge in [-0.15, -0.1) is 0 Å². The van der Waals surface area contributed by atoms with Crippen molar-refractivity contribution in [3.05, 3.63) is 106 Å². The van der Waals surface area contributed by atoms with Crippen LogP contribution in [-0.2, 0) is 83.1 Å². The van der Waals surface area contributed by atoms with E-state index in [1.807, 2.05) is 39.8 Å². The van der Waals surface area contributed by atoms with E-state index in [0.717, 1.165) is 10.5 Å². The van der Waals surface area contributed by atoms with Crippen molar-refractivity contribution in [3.8, 4) is 0 Å². The SMILES string of the molecule is CC[C@H](C)[C@H](NC(=O)[C@H](CC(C)C)N(C)C(=O)C[C@@H](C(=O)N(C)C)N(C)C(=O)[C@H](C1CCCC1)N(C)C(=O)C1(NC(=O)[C@@H]2CCCN2C(=O)[C@H](CCc2cc(F)c(C(F)(F)F)c(F)c2)NC(=O)OCc2ccccc2)CCCC1)C(=O)N(C)[C@@H](C)C(=O)N1CC[C@H]1C(=O)N(CC)[C@@H](Cc1ccc(C)cc1)C(=O)O. The highest BCUT2D eigenvalue weighted by Gasteiger charge is 2.52. The van der Waals surface area contributed by atoms with E-state index in [1.165, 1.54) is 83.5 Å². The van der Waals surface area contributed by atoms with Crippen molar-refractivity contribution in [1.29, 1.82) is 0 Å². The van der Waals surface area contributed by atoms with Gasteiger partial charge in [0.25, 0.3) is 0 Å². The van der Waals surface area contributed by atoms with Crippen molar-refractivity contribution < 1.29 is 89.3 Å². The van der Waals surface area contributed by atoms with Gasteiger partial charge in [0.05, 0.1) is 6.42 Å². The van der Waals surface area contributed by atoms with E-state index < -0.39 is 186 Å². The monoisotopic (exact) mass is 1520 g/mol. The lowest BCUT2D eigenvalue weighted by atomic mass is 9.90. The number of amides is 11. The molecule has 0 spiro atoms. The summed E-state index contributed by atoms with van der Waals surface area (Å²) in [6, 6.07) is 5.42. The average molecular weight is 1520 g/mol. The fourth-order valence-corrected chi connectivity index (χ4v) is 15.2. The van der Waals surface area contributed by atoms with Crippen LogP contribution in [0.15, 0.2) is 66.7 Å². The van der Waals surface area contributed by atoms with E-state index in [9.17, 15) is 75.0 Å². The van der Waals surface area contributed by atoms with Crippen LogP contribution in [0.2, 0.25) is 0 Å². The lowest BCUT2D eigenvalue weighted by Crippen LogP contribution is -2.65. The summed E-state index contributed by atoms with van der Waals surface area (Å²) in [5, 5.41) is 18.7. The second-order valence-electron chi connectivity index (χ2n) is 30.2. The fraction of sp³-hybridized carbons (Fsp3) is 0.615. The normalized spacial score (nSPS) is 18.5. The van der Waals surface area contributed by atoms with Crippen molar-refractivity contribution >= 4 is 71.1 Å². The van der Waals surface area contributed by atoms with Crippen LogP contribution >= 0.6 is 0 Å². The van der Waals surface area contributed by atoms with Gasteiger partial charge in [0, 0.05) is 68.3 Å². The van der Waals surface area contributed by atoms with Crippen molar-refractivity contribution in [2.24, 2.45) is 17.8 Å². The predicted molar refractivity (Wildman–Crippen MR) is 389 cm³/mol. The van der Waals surface area contributed by atoms with Crippen LogP contribution in [-0.4, -0.2) is 237 Å². The number of carboxylic acid groups (broad SMARTS) is 1. The van der Waals surface area contributed by atoms with Gasteiger partial charge in [0.2, 0.25) is 59.1 Å². The smallest absolute Gasteiger partial charge is 0.422 e. The molecule has 0 bridgehead atoms. The van der Waals surface area contributed by atoms with E-state index in [1.54, 1.807) is 56.3 Å². The topological polar surface area (TPSA) is 296 Å². The third-order valence-electron chi connectivity index (χ3n) is 22.1. The van der Waals surface area contributed by atoms with Crippen molar-refractivity contribution in [2.75, 3.05) is 61.9 Å². The Morgan fingerprint density at radius 3 is 1.81 bits per heavy atom. The zero-order valence-electron chi connectivity index (χ0n) is 64.4. The first-order valence-electron chi connectivity index (χ1n) is 37.5. The Bertz CT molecular complexity index is 3700. The molecule has 25 nitrogen and oxygen atoms in total. The molecule has 4 fully saturated rings. The molecule has 30 heteroatoms. The number of likely N-dealkylation sites (N-methyl/N-ethyl adjacent to an activating group) is 6. The Morgan fingerprint density at radius 1 is 0.657 bits per heavy atom. The summed E-state index contributed by atoms with van der Waals surface area (Å²) in [5.74, 6) is -12.9. The minimum atomic E-state index is -5.35. The summed E-state index contributed by atoms with van der Waals surface area (Å²) in [6.45, 7) is 12.3. The molecule has 11 amide bonds. The lowest BCUT2D eigenvalue weighted by Gasteiger charge is -2.45. The van der Waals surface area contributed by atoms with E-state index in [4.69, 9.17) is 4.74 Å². The summed E-state index contributed by atoms with van der Waals surface area (Å²) in [6.07, 6.45) is -3.23. The maximum Gasteiger partial charge on any atom is 0.422 e. The standard InChI is InChI=1S/C78H108F5N11O14/c1-14-48(6)64(72(102)88(10)49(7)68(98)94-39-35-58(94)71(101)92(15-2)61(74(104)105)43-50-31-29-47(5)30-32-50)85-66(96)59(40-46(3)4)89(11)62(95)44-60(70(100)87(8)9)90(12)73(103)65(53-26-19-20-27-53)91(13)75(106)77(36-21-22-37-77)86-67(97)57-28-23-38-93(57)69(99)56(84-76(107)108-45-51-24-17-16-18-25-51)34-33-52-41-54(79)63(55(80)42-52)78(81,82)83/h16-18,24-25,29-32,41-42,46,48-49,53,56-61,64-65H,14-15,19-23,26-28,33-40,43-45H2,1-13H3,(H,84,107)(H,85,96)(H,86,97)(H,104,105)/t48-,49-,56-,57-,58-,59-,60-,61-,64-,65-/m0/s1. The molecule has 4 aliphatic rings. The van der Waals surface area contributed by atoms with Gasteiger partial charge in [0.1, 0.15) is 83.7 Å². The zero-order valence-corrected chi connectivity index (χ0v) is 64.4. The van der Waals surface area contributed by atoms with Crippen LogP contribution in [0.1, 0.15) is 166 Å². The Morgan fingerprint density at radius 2 is 1.27 bits per heavy atom. The van der Waals surface area contributed by atoms with Crippen LogP contribution in [0, 0.1) is 36.3 Å². The molecule has 0 radical (unpaired) electrons. The summed E-state index contributed by atoms with van der Waals surface area (Å²) < 4.78 is 75.6. The number of rotatable bonds is 33. The molecule has 0 aromatic heterocycles. The number of carboxylic acids is 1. The summed E-state index contributed by atoms with van der Waals surface area (Å²) in [4.78, 5) is 184. The Hall–Kier alpha value is -9.25. The number of benzene rings is 3. The average Bonchev–Trinajstić information content (AvgIpc) is 1.32. The number of carbonyl (C=O) groups is 12. The highest BCUT2D eigenvalue weighted by molar-refractivity contribution is 6.00. The van der Waals surface area contributed by atoms with Gasteiger partial charge in [-0.1, -0.05) is 120 Å². The summed E-state index contributed by atoms with van der Waals surface area (Å²) in [7, 11) is 8.49.